The SMILES string of the molecule is CC/C=C\C[C@@H](O)/C=C/C=C\C/C=C\C=C\[C@@H](O)/C=C\CCCC(=O)OC[C@H](COP(=O)(O)O)OC(=O)CCCCCCCCCCCCCCCCCCCCC(C)CC. The number of carbonyl (C=O) groups is 2. The number of rotatable bonds is 42. The fraction of sp³-hybridized carbons (Fsp3) is 0.720. The largest absolute Gasteiger partial charge is 0.469 e. The lowest BCUT2D eigenvalue weighted by Crippen LogP contribution is -2.29. The molecule has 1 unspecified atom stereocenters. The molecule has 11 heteroatoms. The summed E-state index contributed by atoms with van der Waals surface area (Å²) in [6, 6.07) is 0. The van der Waals surface area contributed by atoms with Crippen molar-refractivity contribution in [3.63, 3.8) is 0 Å². The van der Waals surface area contributed by atoms with E-state index < -0.39 is 44.7 Å². The highest BCUT2D eigenvalue weighted by Gasteiger charge is 2.23. The van der Waals surface area contributed by atoms with Gasteiger partial charge in [0.05, 0.1) is 18.8 Å². The summed E-state index contributed by atoms with van der Waals surface area (Å²) in [6.07, 6.45) is 48.4. The zero-order valence-corrected chi connectivity index (χ0v) is 39.3. The first-order valence-corrected chi connectivity index (χ1v) is 25.4. The third-order valence-electron chi connectivity index (χ3n) is 10.5. The summed E-state index contributed by atoms with van der Waals surface area (Å²) in [7, 11) is -4.81. The Morgan fingerprint density at radius 3 is 1.66 bits per heavy atom. The van der Waals surface area contributed by atoms with Gasteiger partial charge in [-0.2, -0.15) is 0 Å². The molecular formula is C50H87O10P. The van der Waals surface area contributed by atoms with Crippen molar-refractivity contribution < 1.29 is 48.2 Å². The Morgan fingerprint density at radius 1 is 0.590 bits per heavy atom. The number of aliphatic hydroxyl groups excluding tert-OH is 2. The monoisotopic (exact) mass is 879 g/mol. The predicted octanol–water partition coefficient (Wildman–Crippen LogP) is 12.8. The fourth-order valence-electron chi connectivity index (χ4n) is 6.50. The molecule has 10 nitrogen and oxygen atoms in total. The summed E-state index contributed by atoms with van der Waals surface area (Å²) in [5, 5.41) is 19.9. The van der Waals surface area contributed by atoms with Gasteiger partial charge in [-0.25, -0.2) is 4.57 Å². The molecule has 0 amide bonds. The topological polar surface area (TPSA) is 160 Å². The lowest BCUT2D eigenvalue weighted by Gasteiger charge is -2.18. The van der Waals surface area contributed by atoms with E-state index in [-0.39, 0.29) is 19.4 Å². The van der Waals surface area contributed by atoms with Gasteiger partial charge in [-0.05, 0) is 44.4 Å². The van der Waals surface area contributed by atoms with Gasteiger partial charge in [-0.3, -0.25) is 14.1 Å². The molecule has 0 radical (unpaired) electrons. The molecular weight excluding hydrogens is 792 g/mol. The van der Waals surface area contributed by atoms with E-state index in [1.165, 1.54) is 103 Å². The third kappa shape index (κ3) is 45.3. The van der Waals surface area contributed by atoms with Crippen LogP contribution >= 0.6 is 7.82 Å². The number of unbranched alkanes of at least 4 members (excludes halogenated alkanes) is 18. The van der Waals surface area contributed by atoms with Crippen LogP contribution in [-0.4, -0.2) is 63.5 Å². The van der Waals surface area contributed by atoms with Crippen LogP contribution in [0.4, 0.5) is 0 Å². The Labute approximate surface area is 371 Å². The Morgan fingerprint density at radius 2 is 1.11 bits per heavy atom. The first-order chi connectivity index (χ1) is 29.5. The number of aliphatic hydroxyl groups is 2. The molecule has 0 saturated carbocycles. The number of esters is 2. The van der Waals surface area contributed by atoms with Crippen LogP contribution in [0.2, 0.25) is 0 Å². The molecule has 0 aliphatic carbocycles. The number of carbonyl (C=O) groups excluding carboxylic acids is 2. The molecule has 0 rings (SSSR count). The van der Waals surface area contributed by atoms with Crippen LogP contribution < -0.4 is 0 Å². The molecule has 61 heavy (non-hydrogen) atoms. The molecule has 4 atom stereocenters. The highest BCUT2D eigenvalue weighted by molar-refractivity contribution is 7.46. The minimum absolute atomic E-state index is 0.0790. The Hall–Kier alpha value is -2.59. The van der Waals surface area contributed by atoms with Crippen molar-refractivity contribution in [3.8, 4) is 0 Å². The molecule has 0 aliphatic rings. The maximum atomic E-state index is 12.5. The third-order valence-corrected chi connectivity index (χ3v) is 10.9. The predicted molar refractivity (Wildman–Crippen MR) is 251 cm³/mol. The summed E-state index contributed by atoms with van der Waals surface area (Å²) in [6.45, 7) is 5.74. The maximum Gasteiger partial charge on any atom is 0.469 e. The Balaban J connectivity index is 4.06. The van der Waals surface area contributed by atoms with E-state index in [1.807, 2.05) is 42.5 Å². The first kappa shape index (κ1) is 58.4. The van der Waals surface area contributed by atoms with E-state index >= 15 is 0 Å². The van der Waals surface area contributed by atoms with Crippen molar-refractivity contribution in [2.75, 3.05) is 13.2 Å². The summed E-state index contributed by atoms with van der Waals surface area (Å²) >= 11 is 0. The van der Waals surface area contributed by atoms with Crippen molar-refractivity contribution in [1.29, 1.82) is 0 Å². The highest BCUT2D eigenvalue weighted by Crippen LogP contribution is 2.36. The van der Waals surface area contributed by atoms with Crippen LogP contribution in [-0.2, 0) is 28.2 Å². The second kappa shape index (κ2) is 42.7. The normalized spacial score (nSPS) is 14.7. The van der Waals surface area contributed by atoms with Gasteiger partial charge >= 0.3 is 19.8 Å². The first-order valence-electron chi connectivity index (χ1n) is 23.9. The molecule has 4 N–H and O–H groups in total. The van der Waals surface area contributed by atoms with Crippen molar-refractivity contribution in [1.82, 2.24) is 0 Å². The molecule has 0 spiro atoms. The number of phosphoric acid groups is 1. The minimum Gasteiger partial charge on any atom is -0.462 e. The fourth-order valence-corrected chi connectivity index (χ4v) is 6.86. The van der Waals surface area contributed by atoms with Gasteiger partial charge in [0.15, 0.2) is 6.10 Å². The van der Waals surface area contributed by atoms with E-state index in [0.29, 0.717) is 32.1 Å². The summed E-state index contributed by atoms with van der Waals surface area (Å²) in [4.78, 5) is 43.0. The Bertz CT molecular complexity index is 1270. The van der Waals surface area contributed by atoms with E-state index in [1.54, 1.807) is 30.4 Å². The second-order valence-electron chi connectivity index (χ2n) is 16.4. The number of allylic oxidation sites excluding steroid dienone is 8. The number of phosphoric ester groups is 1. The average molecular weight is 879 g/mol. The van der Waals surface area contributed by atoms with Crippen LogP contribution in [0.25, 0.3) is 0 Å². The second-order valence-corrected chi connectivity index (χ2v) is 17.6. The van der Waals surface area contributed by atoms with Gasteiger partial charge in [-0.15, -0.1) is 0 Å². The zero-order chi connectivity index (χ0) is 45.1. The summed E-state index contributed by atoms with van der Waals surface area (Å²) in [5.74, 6) is -0.176. The number of hydrogen-bond acceptors (Lipinski definition) is 8. The van der Waals surface area contributed by atoms with Gasteiger partial charge in [0, 0.05) is 12.8 Å². The minimum atomic E-state index is -4.81. The van der Waals surface area contributed by atoms with Crippen molar-refractivity contribution in [2.24, 2.45) is 5.92 Å². The molecule has 0 saturated heterocycles. The number of hydrogen-bond donors (Lipinski definition) is 4. The lowest BCUT2D eigenvalue weighted by molar-refractivity contribution is -0.161. The van der Waals surface area contributed by atoms with E-state index in [2.05, 4.69) is 25.3 Å². The molecule has 0 bridgehead atoms. The van der Waals surface area contributed by atoms with Crippen LogP contribution in [0.1, 0.15) is 194 Å². The van der Waals surface area contributed by atoms with Crippen LogP contribution in [0, 0.1) is 5.92 Å². The van der Waals surface area contributed by atoms with E-state index in [0.717, 1.165) is 31.6 Å². The standard InChI is InChI=1S/C50H87O10P/c1-4-6-29-37-46(51)38-31-25-21-19-22-26-32-39-47(52)40-33-28-35-41-49(53)58-43-48(44-59-61(55,56)57)60-50(54)42-34-27-23-18-16-14-12-10-8-7-9-11-13-15-17-20-24-30-36-45(3)5-2/h6,21-22,25-26,29,31-33,38-40,45-48,51-52H,4-5,7-20,23-24,27-28,30,34-37,41-44H2,1-3H3,(H2,55,56,57)/b25-21-,26-22-,29-6-,38-31+,39-32+,40-33-/t45?,46-,47-,48-/m1/s1. The smallest absolute Gasteiger partial charge is 0.462 e. The molecule has 0 heterocycles. The van der Waals surface area contributed by atoms with Gasteiger partial charge in [0.1, 0.15) is 6.61 Å². The number of ether oxygens (including phenoxy) is 2. The van der Waals surface area contributed by atoms with Gasteiger partial charge in [0.2, 0.25) is 0 Å². The van der Waals surface area contributed by atoms with E-state index in [9.17, 15) is 24.4 Å². The molecule has 0 aromatic rings. The van der Waals surface area contributed by atoms with Crippen molar-refractivity contribution >= 4 is 19.8 Å². The van der Waals surface area contributed by atoms with E-state index in [4.69, 9.17) is 19.3 Å². The molecule has 352 valence electrons. The van der Waals surface area contributed by atoms with Crippen molar-refractivity contribution in [3.05, 3.63) is 72.9 Å². The van der Waals surface area contributed by atoms with Gasteiger partial charge in [0.25, 0.3) is 0 Å². The summed E-state index contributed by atoms with van der Waals surface area (Å²) < 4.78 is 26.4. The molecule has 0 aromatic carbocycles. The maximum absolute atomic E-state index is 12.5. The highest BCUT2D eigenvalue weighted by atomic mass is 31.2. The molecule has 0 aromatic heterocycles. The lowest BCUT2D eigenvalue weighted by atomic mass is 9.99. The molecule has 0 fully saturated rings. The molecule has 0 aliphatic heterocycles. The van der Waals surface area contributed by atoms with Crippen LogP contribution in [0.3, 0.4) is 0 Å². The average Bonchev–Trinajstić information content (AvgIpc) is 3.22. The van der Waals surface area contributed by atoms with Gasteiger partial charge in [-0.1, -0.05) is 216 Å². The van der Waals surface area contributed by atoms with Crippen molar-refractivity contribution in [2.45, 2.75) is 212 Å². The van der Waals surface area contributed by atoms with Crippen LogP contribution in [0.15, 0.2) is 72.9 Å². The quantitative estimate of drug-likeness (QED) is 0.0153. The van der Waals surface area contributed by atoms with Gasteiger partial charge < -0.3 is 29.5 Å². The summed E-state index contributed by atoms with van der Waals surface area (Å²) in [5.41, 5.74) is 0. The zero-order valence-electron chi connectivity index (χ0n) is 38.4. The Kier molecular flexibility index (Phi) is 40.9. The van der Waals surface area contributed by atoms with Crippen LogP contribution in [0.5, 0.6) is 0 Å².